The molecule has 1 aromatic carbocycles. The Bertz CT molecular complexity index is 673. The third kappa shape index (κ3) is 9.45. The summed E-state index contributed by atoms with van der Waals surface area (Å²) < 4.78 is 10.6. The SMILES string of the molecule is COc1ccc(N(CCCl)CCCl)c(C[C@@H](CC(=O)O)NC(=O)OC(C)(C)C)c1. The standard InChI is InChI=1S/C20H30Cl2N2O5/c1-20(2,3)29-19(27)23-15(13-18(25)26)11-14-12-16(28-4)5-6-17(14)24(9-7-21)10-8-22/h5-6,12,15H,7-11,13H2,1-4H3,(H,23,27)(H,25,26)/t15-/m0/s1. The lowest BCUT2D eigenvalue weighted by molar-refractivity contribution is -0.137. The van der Waals surface area contributed by atoms with Gasteiger partial charge in [0.2, 0.25) is 0 Å². The quantitative estimate of drug-likeness (QED) is 0.499. The summed E-state index contributed by atoms with van der Waals surface area (Å²) in [6.07, 6.45) is -0.633. The molecule has 1 atom stereocenters. The lowest BCUT2D eigenvalue weighted by atomic mass is 10.0. The first kappa shape index (κ1) is 25.2. The van der Waals surface area contributed by atoms with E-state index in [2.05, 4.69) is 5.32 Å². The van der Waals surface area contributed by atoms with Crippen molar-refractivity contribution in [1.82, 2.24) is 5.32 Å². The summed E-state index contributed by atoms with van der Waals surface area (Å²) in [6.45, 7) is 6.40. The van der Waals surface area contributed by atoms with Crippen molar-refractivity contribution >= 4 is 41.0 Å². The molecule has 29 heavy (non-hydrogen) atoms. The number of hydrogen-bond acceptors (Lipinski definition) is 5. The van der Waals surface area contributed by atoms with E-state index in [9.17, 15) is 14.7 Å². The van der Waals surface area contributed by atoms with Crippen molar-refractivity contribution in [2.45, 2.75) is 45.3 Å². The molecule has 164 valence electrons. The zero-order valence-electron chi connectivity index (χ0n) is 17.3. The highest BCUT2D eigenvalue weighted by atomic mass is 35.5. The van der Waals surface area contributed by atoms with Crippen molar-refractivity contribution in [3.63, 3.8) is 0 Å². The third-order valence-corrected chi connectivity index (χ3v) is 4.28. The number of alkyl carbamates (subject to hydrolysis) is 1. The van der Waals surface area contributed by atoms with Gasteiger partial charge in [0.15, 0.2) is 0 Å². The minimum absolute atomic E-state index is 0.249. The monoisotopic (exact) mass is 448 g/mol. The summed E-state index contributed by atoms with van der Waals surface area (Å²) >= 11 is 11.9. The average Bonchev–Trinajstić information content (AvgIpc) is 2.59. The number of rotatable bonds is 11. The molecule has 0 radical (unpaired) electrons. The number of alkyl halides is 2. The molecule has 0 bridgehead atoms. The number of halogens is 2. The number of nitrogens with zero attached hydrogens (tertiary/aromatic N) is 1. The average molecular weight is 449 g/mol. The van der Waals surface area contributed by atoms with Gasteiger partial charge in [-0.05, 0) is 51.0 Å². The number of carboxylic acid groups (broad SMARTS) is 1. The predicted octanol–water partition coefficient (Wildman–Crippen LogP) is 3.89. The number of benzene rings is 1. The number of aliphatic carboxylic acids is 1. The number of methoxy groups -OCH3 is 1. The number of carbonyl (C=O) groups excluding carboxylic acids is 1. The Balaban J connectivity index is 3.17. The van der Waals surface area contributed by atoms with Crippen molar-refractivity contribution in [2.75, 3.05) is 36.9 Å². The Kier molecular flexibility index (Phi) is 10.4. The Labute approximate surface area is 182 Å². The van der Waals surface area contributed by atoms with Crippen LogP contribution in [0.25, 0.3) is 0 Å². The van der Waals surface area contributed by atoms with E-state index < -0.39 is 23.7 Å². The van der Waals surface area contributed by atoms with E-state index in [0.29, 0.717) is 30.6 Å². The second-order valence-corrected chi connectivity index (χ2v) is 8.26. The molecule has 0 aliphatic carbocycles. The van der Waals surface area contributed by atoms with E-state index in [-0.39, 0.29) is 12.8 Å². The molecule has 2 N–H and O–H groups in total. The van der Waals surface area contributed by atoms with Crippen molar-refractivity contribution in [3.8, 4) is 5.75 Å². The van der Waals surface area contributed by atoms with Crippen molar-refractivity contribution in [3.05, 3.63) is 23.8 Å². The molecular formula is C20H30Cl2N2O5. The summed E-state index contributed by atoms with van der Waals surface area (Å²) in [7, 11) is 1.56. The molecule has 0 aliphatic heterocycles. The topological polar surface area (TPSA) is 88.1 Å². The summed E-state index contributed by atoms with van der Waals surface area (Å²) in [5.74, 6) is 0.439. The summed E-state index contributed by atoms with van der Waals surface area (Å²) in [4.78, 5) is 25.6. The van der Waals surface area contributed by atoms with Crippen LogP contribution < -0.4 is 15.0 Å². The van der Waals surface area contributed by atoms with Crippen molar-refractivity contribution in [2.24, 2.45) is 0 Å². The molecule has 0 fully saturated rings. The number of amides is 1. The largest absolute Gasteiger partial charge is 0.497 e. The van der Waals surface area contributed by atoms with E-state index in [1.54, 1.807) is 27.9 Å². The van der Waals surface area contributed by atoms with Gasteiger partial charge >= 0.3 is 12.1 Å². The first-order chi connectivity index (χ1) is 13.6. The fraction of sp³-hybridized carbons (Fsp3) is 0.600. The highest BCUT2D eigenvalue weighted by Gasteiger charge is 2.23. The number of carbonyl (C=O) groups is 2. The Hall–Kier alpha value is -1.86. The van der Waals surface area contributed by atoms with E-state index in [0.717, 1.165) is 11.3 Å². The van der Waals surface area contributed by atoms with E-state index in [4.69, 9.17) is 32.7 Å². The van der Waals surface area contributed by atoms with Gasteiger partial charge in [-0.15, -0.1) is 23.2 Å². The number of carboxylic acids is 1. The number of ether oxygens (including phenoxy) is 2. The number of anilines is 1. The summed E-state index contributed by atoms with van der Waals surface area (Å²) in [6, 6.07) is 4.87. The molecule has 1 aromatic rings. The zero-order chi connectivity index (χ0) is 22.0. The van der Waals surface area contributed by atoms with Gasteiger partial charge in [0, 0.05) is 36.6 Å². The van der Waals surface area contributed by atoms with Crippen LogP contribution in [0.3, 0.4) is 0 Å². The van der Waals surface area contributed by atoms with Crippen LogP contribution in [0.15, 0.2) is 18.2 Å². The van der Waals surface area contributed by atoms with E-state index >= 15 is 0 Å². The molecular weight excluding hydrogens is 419 g/mol. The van der Waals surface area contributed by atoms with Gasteiger partial charge in [-0.1, -0.05) is 0 Å². The van der Waals surface area contributed by atoms with Crippen LogP contribution in [0, 0.1) is 0 Å². The first-order valence-corrected chi connectivity index (χ1v) is 10.4. The third-order valence-electron chi connectivity index (χ3n) is 3.94. The Morgan fingerprint density at radius 2 is 1.83 bits per heavy atom. The Morgan fingerprint density at radius 3 is 2.31 bits per heavy atom. The molecule has 0 unspecified atom stereocenters. The van der Waals surface area contributed by atoms with Gasteiger partial charge in [-0.3, -0.25) is 4.79 Å². The lowest BCUT2D eigenvalue weighted by Crippen LogP contribution is -2.41. The smallest absolute Gasteiger partial charge is 0.407 e. The minimum atomic E-state index is -1.02. The second kappa shape index (κ2) is 12.0. The van der Waals surface area contributed by atoms with Crippen LogP contribution in [0.4, 0.5) is 10.5 Å². The van der Waals surface area contributed by atoms with Gasteiger partial charge in [0.05, 0.1) is 13.5 Å². The summed E-state index contributed by atoms with van der Waals surface area (Å²) in [5.41, 5.74) is 1.01. The van der Waals surface area contributed by atoms with Gasteiger partial charge in [0.25, 0.3) is 0 Å². The van der Waals surface area contributed by atoms with E-state index in [1.165, 1.54) is 0 Å². The first-order valence-electron chi connectivity index (χ1n) is 9.34. The summed E-state index contributed by atoms with van der Waals surface area (Å²) in [5, 5.41) is 12.0. The fourth-order valence-electron chi connectivity index (χ4n) is 2.84. The van der Waals surface area contributed by atoms with Crippen molar-refractivity contribution < 1.29 is 24.2 Å². The molecule has 0 saturated carbocycles. The maximum Gasteiger partial charge on any atom is 0.407 e. The van der Waals surface area contributed by atoms with Crippen LogP contribution in [0.5, 0.6) is 5.75 Å². The molecule has 9 heteroatoms. The molecule has 0 aliphatic rings. The van der Waals surface area contributed by atoms with E-state index in [1.807, 2.05) is 23.1 Å². The van der Waals surface area contributed by atoms with Crippen molar-refractivity contribution in [1.29, 1.82) is 0 Å². The molecule has 7 nitrogen and oxygen atoms in total. The molecule has 0 spiro atoms. The molecule has 1 amide bonds. The minimum Gasteiger partial charge on any atom is -0.497 e. The van der Waals surface area contributed by atoms with Gasteiger partial charge in [-0.2, -0.15) is 0 Å². The predicted molar refractivity (Wildman–Crippen MR) is 116 cm³/mol. The number of nitrogens with one attached hydrogen (secondary N) is 1. The molecule has 0 aromatic heterocycles. The van der Waals surface area contributed by atoms with Crippen LogP contribution in [-0.4, -0.2) is 60.8 Å². The highest BCUT2D eigenvalue weighted by Crippen LogP contribution is 2.27. The Morgan fingerprint density at radius 1 is 1.21 bits per heavy atom. The van der Waals surface area contributed by atoms with Crippen LogP contribution in [0.2, 0.25) is 0 Å². The number of hydrogen-bond donors (Lipinski definition) is 2. The van der Waals surface area contributed by atoms with Gasteiger partial charge in [-0.25, -0.2) is 4.79 Å². The molecule has 0 saturated heterocycles. The molecule has 0 heterocycles. The maximum atomic E-state index is 12.2. The van der Waals surface area contributed by atoms with Crippen LogP contribution >= 0.6 is 23.2 Å². The fourth-order valence-corrected chi connectivity index (χ4v) is 3.25. The second-order valence-electron chi connectivity index (χ2n) is 7.50. The van der Waals surface area contributed by atoms with Crippen LogP contribution in [0.1, 0.15) is 32.8 Å². The van der Waals surface area contributed by atoms with Gasteiger partial charge in [0.1, 0.15) is 11.4 Å². The maximum absolute atomic E-state index is 12.2. The van der Waals surface area contributed by atoms with Gasteiger partial charge < -0.3 is 24.8 Å². The highest BCUT2D eigenvalue weighted by molar-refractivity contribution is 6.18. The normalized spacial score (nSPS) is 12.2. The lowest BCUT2D eigenvalue weighted by Gasteiger charge is -2.28. The zero-order valence-corrected chi connectivity index (χ0v) is 18.8. The van der Waals surface area contributed by atoms with Crippen LogP contribution in [-0.2, 0) is 16.0 Å². The molecule has 1 rings (SSSR count).